The monoisotopic (exact) mass is 257 g/mol. The summed E-state index contributed by atoms with van der Waals surface area (Å²) in [5, 5.41) is 9.34. The van der Waals surface area contributed by atoms with Gasteiger partial charge in [0.2, 0.25) is 0 Å². The maximum Gasteiger partial charge on any atom is 0.407 e. The minimum absolute atomic E-state index is 0.199. The minimum Gasteiger partial charge on any atom is -0.465 e. The number of H-pyrrole nitrogens is 1. The molecule has 98 valence electrons. The molecular weight excluding hydrogens is 242 g/mol. The van der Waals surface area contributed by atoms with Crippen molar-refractivity contribution in [1.29, 1.82) is 0 Å². The number of nitrogens with one attached hydrogen (secondary N) is 1. The lowest BCUT2D eigenvalue weighted by molar-refractivity contribution is 0.118. The summed E-state index contributed by atoms with van der Waals surface area (Å²) >= 11 is 0. The summed E-state index contributed by atoms with van der Waals surface area (Å²) in [5.74, 6) is 0. The van der Waals surface area contributed by atoms with Crippen molar-refractivity contribution < 1.29 is 9.90 Å². The maximum atomic E-state index is 11.4. The minimum atomic E-state index is -0.880. The first kappa shape index (κ1) is 11.8. The molecule has 1 amide bonds. The van der Waals surface area contributed by atoms with Gasteiger partial charge in [0.1, 0.15) is 0 Å². The average molecular weight is 257 g/mol. The number of hydrogen-bond donors (Lipinski definition) is 2. The number of aromatic amines is 1. The Kier molecular flexibility index (Phi) is 2.95. The highest BCUT2D eigenvalue weighted by molar-refractivity contribution is 5.66. The number of amides is 1. The molecule has 0 saturated carbocycles. The number of nitrogens with zero attached hydrogens (tertiary/aromatic N) is 2. The van der Waals surface area contributed by atoms with Crippen LogP contribution in [0.2, 0.25) is 0 Å². The van der Waals surface area contributed by atoms with Gasteiger partial charge in [-0.1, -0.05) is 30.3 Å². The zero-order valence-corrected chi connectivity index (χ0v) is 10.4. The zero-order valence-electron chi connectivity index (χ0n) is 10.4. The molecule has 1 aromatic carbocycles. The van der Waals surface area contributed by atoms with E-state index >= 15 is 0 Å². The van der Waals surface area contributed by atoms with Crippen LogP contribution in [-0.2, 0) is 12.8 Å². The van der Waals surface area contributed by atoms with Gasteiger partial charge in [0.05, 0.1) is 18.1 Å². The number of hydrogen-bond acceptors (Lipinski definition) is 2. The number of fused-ring (bicyclic) bond motifs is 1. The van der Waals surface area contributed by atoms with Gasteiger partial charge >= 0.3 is 6.09 Å². The van der Waals surface area contributed by atoms with Crippen molar-refractivity contribution in [3.8, 4) is 0 Å². The third-order valence-corrected chi connectivity index (χ3v) is 3.56. The van der Waals surface area contributed by atoms with E-state index in [1.165, 1.54) is 4.90 Å². The van der Waals surface area contributed by atoms with Crippen LogP contribution in [0.5, 0.6) is 0 Å². The number of carboxylic acid groups (broad SMARTS) is 1. The molecule has 19 heavy (non-hydrogen) atoms. The van der Waals surface area contributed by atoms with Crippen molar-refractivity contribution >= 4 is 6.09 Å². The van der Waals surface area contributed by atoms with Crippen LogP contribution >= 0.6 is 0 Å². The molecule has 5 heteroatoms. The summed E-state index contributed by atoms with van der Waals surface area (Å²) in [6.45, 7) is 0.516. The fourth-order valence-corrected chi connectivity index (χ4v) is 2.63. The molecule has 1 aliphatic rings. The Hall–Kier alpha value is -2.30. The van der Waals surface area contributed by atoms with E-state index in [0.29, 0.717) is 19.4 Å². The van der Waals surface area contributed by atoms with Crippen LogP contribution in [0.1, 0.15) is 23.0 Å². The van der Waals surface area contributed by atoms with E-state index in [1.54, 1.807) is 6.33 Å². The molecule has 0 saturated heterocycles. The van der Waals surface area contributed by atoms with Crippen LogP contribution in [-0.4, -0.2) is 32.6 Å². The molecule has 1 atom stereocenters. The number of benzene rings is 1. The first-order chi connectivity index (χ1) is 9.25. The molecule has 1 aliphatic heterocycles. The molecule has 1 unspecified atom stereocenters. The summed E-state index contributed by atoms with van der Waals surface area (Å²) in [6, 6.07) is 9.72. The average Bonchev–Trinajstić information content (AvgIpc) is 2.88. The van der Waals surface area contributed by atoms with Gasteiger partial charge in [0.25, 0.3) is 0 Å². The second kappa shape index (κ2) is 4.76. The quantitative estimate of drug-likeness (QED) is 0.866. The first-order valence-electron chi connectivity index (χ1n) is 6.31. The normalized spacial score (nSPS) is 18.1. The largest absolute Gasteiger partial charge is 0.465 e. The Morgan fingerprint density at radius 3 is 2.95 bits per heavy atom. The van der Waals surface area contributed by atoms with Gasteiger partial charge in [0.15, 0.2) is 0 Å². The lowest BCUT2D eigenvalue weighted by Gasteiger charge is -2.32. The SMILES string of the molecule is O=C(O)N1CCc2[nH]cnc2C1Cc1ccccc1. The van der Waals surface area contributed by atoms with Crippen LogP contribution in [0.4, 0.5) is 4.79 Å². The number of carbonyl (C=O) groups is 1. The van der Waals surface area contributed by atoms with Gasteiger partial charge in [-0.3, -0.25) is 4.90 Å². The molecule has 0 spiro atoms. The van der Waals surface area contributed by atoms with E-state index in [1.807, 2.05) is 30.3 Å². The van der Waals surface area contributed by atoms with Crippen LogP contribution in [0.3, 0.4) is 0 Å². The Labute approximate surface area is 110 Å². The third-order valence-electron chi connectivity index (χ3n) is 3.56. The molecule has 0 aliphatic carbocycles. The Balaban J connectivity index is 1.93. The number of aromatic nitrogens is 2. The third kappa shape index (κ3) is 2.19. The van der Waals surface area contributed by atoms with E-state index in [0.717, 1.165) is 17.0 Å². The first-order valence-corrected chi connectivity index (χ1v) is 6.31. The van der Waals surface area contributed by atoms with E-state index < -0.39 is 6.09 Å². The van der Waals surface area contributed by atoms with Gasteiger partial charge in [-0.15, -0.1) is 0 Å². The molecular formula is C14H15N3O2. The molecule has 5 nitrogen and oxygen atoms in total. The highest BCUT2D eigenvalue weighted by Crippen LogP contribution is 2.30. The summed E-state index contributed by atoms with van der Waals surface area (Å²) in [5.41, 5.74) is 3.03. The van der Waals surface area contributed by atoms with Crippen molar-refractivity contribution in [3.05, 3.63) is 53.6 Å². The van der Waals surface area contributed by atoms with E-state index in [9.17, 15) is 9.90 Å². The van der Waals surface area contributed by atoms with Crippen molar-refractivity contribution in [2.75, 3.05) is 6.54 Å². The molecule has 3 rings (SSSR count). The lowest BCUT2D eigenvalue weighted by atomic mass is 9.96. The molecule has 0 fully saturated rings. The van der Waals surface area contributed by atoms with Gasteiger partial charge < -0.3 is 10.1 Å². The Bertz CT molecular complexity index is 579. The summed E-state index contributed by atoms with van der Waals surface area (Å²) in [6.07, 6.45) is 2.13. The molecule has 1 aromatic heterocycles. The summed E-state index contributed by atoms with van der Waals surface area (Å²) < 4.78 is 0. The van der Waals surface area contributed by atoms with Crippen molar-refractivity contribution in [2.24, 2.45) is 0 Å². The van der Waals surface area contributed by atoms with Crippen LogP contribution in [0.15, 0.2) is 36.7 Å². The fraction of sp³-hybridized carbons (Fsp3) is 0.286. The van der Waals surface area contributed by atoms with Crippen LogP contribution in [0, 0.1) is 0 Å². The summed E-state index contributed by atoms with van der Waals surface area (Å²) in [4.78, 5) is 20.3. The smallest absolute Gasteiger partial charge is 0.407 e. The number of rotatable bonds is 2. The Morgan fingerprint density at radius 1 is 1.42 bits per heavy atom. The van der Waals surface area contributed by atoms with Crippen LogP contribution < -0.4 is 0 Å². The van der Waals surface area contributed by atoms with E-state index in [-0.39, 0.29) is 6.04 Å². The highest BCUT2D eigenvalue weighted by atomic mass is 16.4. The van der Waals surface area contributed by atoms with Gasteiger partial charge in [0, 0.05) is 18.7 Å². The van der Waals surface area contributed by atoms with Crippen molar-refractivity contribution in [3.63, 3.8) is 0 Å². The second-order valence-electron chi connectivity index (χ2n) is 4.70. The highest BCUT2D eigenvalue weighted by Gasteiger charge is 2.32. The zero-order chi connectivity index (χ0) is 13.2. The van der Waals surface area contributed by atoms with Crippen molar-refractivity contribution in [1.82, 2.24) is 14.9 Å². The summed E-state index contributed by atoms with van der Waals surface area (Å²) in [7, 11) is 0. The molecule has 0 radical (unpaired) electrons. The van der Waals surface area contributed by atoms with Gasteiger partial charge in [-0.25, -0.2) is 9.78 Å². The van der Waals surface area contributed by atoms with Gasteiger partial charge in [-0.2, -0.15) is 0 Å². The standard InChI is InChI=1S/C14H15N3O2/c18-14(19)17-7-6-11-13(16-9-15-11)12(17)8-10-4-2-1-3-5-10/h1-5,9,12H,6-8H2,(H,15,16)(H,18,19). The second-order valence-corrected chi connectivity index (χ2v) is 4.70. The molecule has 2 heterocycles. The topological polar surface area (TPSA) is 69.2 Å². The Morgan fingerprint density at radius 2 is 2.21 bits per heavy atom. The maximum absolute atomic E-state index is 11.4. The molecule has 2 N–H and O–H groups in total. The lowest BCUT2D eigenvalue weighted by Crippen LogP contribution is -2.40. The fourth-order valence-electron chi connectivity index (χ4n) is 2.63. The van der Waals surface area contributed by atoms with Crippen LogP contribution in [0.25, 0.3) is 0 Å². The molecule has 2 aromatic rings. The molecule has 0 bridgehead atoms. The van der Waals surface area contributed by atoms with E-state index in [2.05, 4.69) is 9.97 Å². The predicted octanol–water partition coefficient (Wildman–Crippen LogP) is 2.23. The van der Waals surface area contributed by atoms with Crippen molar-refractivity contribution in [2.45, 2.75) is 18.9 Å². The number of imidazole rings is 1. The van der Waals surface area contributed by atoms with Gasteiger partial charge in [-0.05, 0) is 12.0 Å². The van der Waals surface area contributed by atoms with E-state index in [4.69, 9.17) is 0 Å². The predicted molar refractivity (Wildman–Crippen MR) is 69.9 cm³/mol.